The number of benzene rings is 1. The molecule has 1 N–H and O–H groups in total. The van der Waals surface area contributed by atoms with Crippen LogP contribution < -0.4 is 0 Å². The van der Waals surface area contributed by atoms with Crippen molar-refractivity contribution >= 4 is 0 Å². The zero-order valence-electron chi connectivity index (χ0n) is 14.6. The normalized spacial score (nSPS) is 14.2. The van der Waals surface area contributed by atoms with E-state index in [1.807, 2.05) is 30.3 Å². The molecule has 1 aromatic rings. The second kappa shape index (κ2) is 7.95. The lowest BCUT2D eigenvalue weighted by Crippen LogP contribution is -2.41. The van der Waals surface area contributed by atoms with Crippen LogP contribution in [0.1, 0.15) is 53.2 Å². The first-order valence-electron chi connectivity index (χ1n) is 8.17. The van der Waals surface area contributed by atoms with Gasteiger partial charge in [0, 0.05) is 25.0 Å². The third-order valence-corrected chi connectivity index (χ3v) is 3.73. The highest BCUT2D eigenvalue weighted by molar-refractivity contribution is 5.19. The summed E-state index contributed by atoms with van der Waals surface area (Å²) in [7, 11) is 0. The fourth-order valence-electron chi connectivity index (χ4n) is 2.99. The Morgan fingerprint density at radius 1 is 0.952 bits per heavy atom. The number of hydrogen-bond donors (Lipinski definition) is 1. The van der Waals surface area contributed by atoms with Crippen molar-refractivity contribution in [1.82, 2.24) is 4.90 Å². The van der Waals surface area contributed by atoms with Gasteiger partial charge in [0.25, 0.3) is 0 Å². The van der Waals surface area contributed by atoms with Crippen molar-refractivity contribution < 1.29 is 5.11 Å². The topological polar surface area (TPSA) is 23.5 Å². The molecule has 1 rings (SSSR count). The van der Waals surface area contributed by atoms with Gasteiger partial charge in [-0.05, 0) is 17.4 Å². The van der Waals surface area contributed by atoms with Crippen LogP contribution in [0.2, 0.25) is 0 Å². The predicted molar refractivity (Wildman–Crippen MR) is 91.3 cm³/mol. The molecule has 0 aliphatic rings. The Morgan fingerprint density at radius 3 is 1.86 bits per heavy atom. The molecule has 1 aromatic carbocycles. The molecule has 0 aliphatic heterocycles. The van der Waals surface area contributed by atoms with E-state index in [2.05, 4.69) is 46.4 Å². The van der Waals surface area contributed by atoms with Crippen LogP contribution in [-0.4, -0.2) is 29.6 Å². The molecule has 0 fully saturated rings. The molecule has 2 nitrogen and oxygen atoms in total. The molecule has 1 unspecified atom stereocenters. The van der Waals surface area contributed by atoms with Gasteiger partial charge in [-0.25, -0.2) is 0 Å². The average Bonchev–Trinajstić information content (AvgIpc) is 2.36. The number of nitrogens with zero attached hydrogens (tertiary/aromatic N) is 1. The van der Waals surface area contributed by atoms with Gasteiger partial charge in [0.15, 0.2) is 0 Å². The van der Waals surface area contributed by atoms with E-state index < -0.39 is 6.10 Å². The highest BCUT2D eigenvalue weighted by Gasteiger charge is 2.31. The summed E-state index contributed by atoms with van der Waals surface area (Å²) in [6, 6.07) is 10.0. The van der Waals surface area contributed by atoms with Gasteiger partial charge >= 0.3 is 0 Å². The summed E-state index contributed by atoms with van der Waals surface area (Å²) in [6.45, 7) is 16.5. The summed E-state index contributed by atoms with van der Waals surface area (Å²) in [5.41, 5.74) is 0.849. The highest BCUT2D eigenvalue weighted by Crippen LogP contribution is 2.34. The second-order valence-corrected chi connectivity index (χ2v) is 7.78. The van der Waals surface area contributed by atoms with Gasteiger partial charge in [-0.3, -0.25) is 0 Å². The fourth-order valence-corrected chi connectivity index (χ4v) is 2.99. The Kier molecular flexibility index (Phi) is 6.89. The van der Waals surface area contributed by atoms with Crippen molar-refractivity contribution in [2.75, 3.05) is 19.6 Å². The van der Waals surface area contributed by atoms with Crippen molar-refractivity contribution in [2.24, 2.45) is 17.3 Å². The van der Waals surface area contributed by atoms with E-state index in [9.17, 15) is 5.11 Å². The SMILES string of the molecule is CC(C)CN(CC(C)C)CC(C)(C)C(O)c1ccccc1. The predicted octanol–water partition coefficient (Wildman–Crippen LogP) is 4.36. The molecule has 0 aliphatic carbocycles. The molecule has 0 radical (unpaired) electrons. The van der Waals surface area contributed by atoms with E-state index in [1.54, 1.807) is 0 Å². The Balaban J connectivity index is 2.79. The van der Waals surface area contributed by atoms with E-state index in [1.165, 1.54) is 0 Å². The molecular formula is C19H33NO. The summed E-state index contributed by atoms with van der Waals surface area (Å²) in [5.74, 6) is 1.29. The Labute approximate surface area is 131 Å². The maximum Gasteiger partial charge on any atom is 0.0853 e. The van der Waals surface area contributed by atoms with Gasteiger partial charge < -0.3 is 10.0 Å². The highest BCUT2D eigenvalue weighted by atomic mass is 16.3. The van der Waals surface area contributed by atoms with Crippen LogP contribution in [0.5, 0.6) is 0 Å². The third kappa shape index (κ3) is 6.19. The van der Waals surface area contributed by atoms with Crippen LogP contribution in [0.3, 0.4) is 0 Å². The zero-order valence-corrected chi connectivity index (χ0v) is 14.6. The minimum Gasteiger partial charge on any atom is -0.388 e. The largest absolute Gasteiger partial charge is 0.388 e. The molecule has 0 spiro atoms. The summed E-state index contributed by atoms with van der Waals surface area (Å²) in [4.78, 5) is 2.50. The molecule has 0 amide bonds. The van der Waals surface area contributed by atoms with Crippen LogP contribution in [0, 0.1) is 17.3 Å². The molecule has 120 valence electrons. The lowest BCUT2D eigenvalue weighted by molar-refractivity contribution is 0.0148. The minimum atomic E-state index is -0.430. The Bertz CT molecular complexity index is 387. The second-order valence-electron chi connectivity index (χ2n) is 7.78. The summed E-state index contributed by atoms with van der Waals surface area (Å²) >= 11 is 0. The van der Waals surface area contributed by atoms with Gasteiger partial charge in [0.1, 0.15) is 0 Å². The maximum atomic E-state index is 10.7. The van der Waals surface area contributed by atoms with Crippen LogP contribution in [-0.2, 0) is 0 Å². The standard InChI is InChI=1S/C19H33NO/c1-15(2)12-20(13-16(3)4)14-19(5,6)18(21)17-10-8-7-9-11-17/h7-11,15-16,18,21H,12-14H2,1-6H3. The molecule has 0 heterocycles. The van der Waals surface area contributed by atoms with Gasteiger partial charge in [-0.15, -0.1) is 0 Å². The van der Waals surface area contributed by atoms with Crippen molar-refractivity contribution in [3.63, 3.8) is 0 Å². The Morgan fingerprint density at radius 2 is 1.43 bits per heavy atom. The minimum absolute atomic E-state index is 0.162. The van der Waals surface area contributed by atoms with Crippen molar-refractivity contribution in [2.45, 2.75) is 47.6 Å². The fraction of sp³-hybridized carbons (Fsp3) is 0.684. The molecule has 21 heavy (non-hydrogen) atoms. The molecule has 1 atom stereocenters. The molecule has 0 saturated heterocycles. The number of aliphatic hydroxyl groups excluding tert-OH is 1. The van der Waals surface area contributed by atoms with E-state index in [0.717, 1.165) is 25.2 Å². The van der Waals surface area contributed by atoms with Crippen LogP contribution in [0.4, 0.5) is 0 Å². The first-order valence-corrected chi connectivity index (χ1v) is 8.17. The van der Waals surface area contributed by atoms with Crippen molar-refractivity contribution in [3.8, 4) is 0 Å². The van der Waals surface area contributed by atoms with Gasteiger partial charge in [0.05, 0.1) is 6.10 Å². The molecule has 2 heteroatoms. The van der Waals surface area contributed by atoms with Crippen molar-refractivity contribution in [3.05, 3.63) is 35.9 Å². The molecule has 0 aromatic heterocycles. The third-order valence-electron chi connectivity index (χ3n) is 3.73. The van der Waals surface area contributed by atoms with Crippen molar-refractivity contribution in [1.29, 1.82) is 0 Å². The first kappa shape index (κ1) is 18.2. The molecule has 0 saturated carbocycles. The van der Waals surface area contributed by atoms with Crippen LogP contribution >= 0.6 is 0 Å². The Hall–Kier alpha value is -0.860. The summed E-state index contributed by atoms with van der Waals surface area (Å²) < 4.78 is 0. The molecule has 0 bridgehead atoms. The summed E-state index contributed by atoms with van der Waals surface area (Å²) in [5, 5.41) is 10.7. The first-order chi connectivity index (χ1) is 9.72. The van der Waals surface area contributed by atoms with E-state index in [0.29, 0.717) is 11.8 Å². The lowest BCUT2D eigenvalue weighted by atomic mass is 9.82. The van der Waals surface area contributed by atoms with Gasteiger partial charge in [0.2, 0.25) is 0 Å². The smallest absolute Gasteiger partial charge is 0.0853 e. The zero-order chi connectivity index (χ0) is 16.0. The lowest BCUT2D eigenvalue weighted by Gasteiger charge is -2.38. The van der Waals surface area contributed by atoms with Gasteiger partial charge in [-0.2, -0.15) is 0 Å². The average molecular weight is 291 g/mol. The number of hydrogen-bond acceptors (Lipinski definition) is 2. The van der Waals surface area contributed by atoms with E-state index in [4.69, 9.17) is 0 Å². The van der Waals surface area contributed by atoms with Crippen LogP contribution in [0.15, 0.2) is 30.3 Å². The summed E-state index contributed by atoms with van der Waals surface area (Å²) in [6.07, 6.45) is -0.430. The number of rotatable bonds is 8. The quantitative estimate of drug-likeness (QED) is 0.769. The van der Waals surface area contributed by atoms with Gasteiger partial charge in [-0.1, -0.05) is 71.9 Å². The maximum absolute atomic E-state index is 10.7. The van der Waals surface area contributed by atoms with E-state index >= 15 is 0 Å². The van der Waals surface area contributed by atoms with E-state index in [-0.39, 0.29) is 5.41 Å². The van der Waals surface area contributed by atoms with Crippen LogP contribution in [0.25, 0.3) is 0 Å². The number of aliphatic hydroxyl groups is 1. The monoisotopic (exact) mass is 291 g/mol. The molecular weight excluding hydrogens is 258 g/mol.